The van der Waals surface area contributed by atoms with Gasteiger partial charge in [-0.15, -0.1) is 0 Å². The van der Waals surface area contributed by atoms with Gasteiger partial charge in [-0.25, -0.2) is 0 Å². The molecule has 2 aromatic carbocycles. The lowest BCUT2D eigenvalue weighted by Gasteiger charge is -2.25. The van der Waals surface area contributed by atoms with Gasteiger partial charge in [0.05, 0.1) is 5.30 Å². The maximum Gasteiger partial charge on any atom is 0.274 e. The van der Waals surface area contributed by atoms with Crippen molar-refractivity contribution >= 4 is 12.7 Å². The van der Waals surface area contributed by atoms with Gasteiger partial charge in [-0.1, -0.05) is 64.1 Å². The van der Waals surface area contributed by atoms with E-state index in [4.69, 9.17) is 4.52 Å². The number of fused-ring (bicyclic) bond motifs is 3. The van der Waals surface area contributed by atoms with E-state index in [9.17, 15) is 4.57 Å². The highest BCUT2D eigenvalue weighted by Gasteiger charge is 2.30. The summed E-state index contributed by atoms with van der Waals surface area (Å²) < 4.78 is 18.0. The summed E-state index contributed by atoms with van der Waals surface area (Å²) in [6.45, 7) is 9.67. The Morgan fingerprint density at radius 3 is 1.95 bits per heavy atom. The molecule has 2 nitrogen and oxygen atoms in total. The third-order valence-corrected chi connectivity index (χ3v) is 4.60. The van der Waals surface area contributed by atoms with Crippen LogP contribution in [0.25, 0.3) is 11.1 Å². The van der Waals surface area contributed by atoms with E-state index in [2.05, 4.69) is 0 Å². The molecule has 0 fully saturated rings. The van der Waals surface area contributed by atoms with E-state index in [1.807, 2.05) is 76.2 Å². The van der Waals surface area contributed by atoms with Crippen LogP contribution >= 0.6 is 7.37 Å². The van der Waals surface area contributed by atoms with Crippen LogP contribution in [0.5, 0.6) is 5.75 Å². The maximum atomic E-state index is 12.4. The number of benzene rings is 2. The van der Waals surface area contributed by atoms with Crippen LogP contribution in [-0.4, -0.2) is 6.66 Å². The summed E-state index contributed by atoms with van der Waals surface area (Å²) in [5, 5.41) is 0.814. The lowest BCUT2D eigenvalue weighted by molar-refractivity contribution is 0.497. The topological polar surface area (TPSA) is 26.3 Å². The normalized spacial score (nSPS) is 18.1. The van der Waals surface area contributed by atoms with Crippen molar-refractivity contribution in [1.82, 2.24) is 0 Å². The van der Waals surface area contributed by atoms with Gasteiger partial charge in [0.15, 0.2) is 0 Å². The first-order chi connectivity index (χ1) is 9.68. The van der Waals surface area contributed by atoms with Crippen LogP contribution in [0.4, 0.5) is 0 Å². The number of rotatable bonds is 0. The molecule has 1 aliphatic heterocycles. The largest absolute Gasteiger partial charge is 0.439 e. The van der Waals surface area contributed by atoms with Crippen LogP contribution in [-0.2, 0) is 4.57 Å². The molecule has 1 aliphatic rings. The first-order valence-electron chi connectivity index (χ1n) is 7.14. The molecular formula is C17H23O2P. The molecule has 3 heteroatoms. The van der Waals surface area contributed by atoms with Gasteiger partial charge in [-0.3, -0.25) is 4.57 Å². The fraction of sp³-hybridized carbons (Fsp3) is 0.294. The summed E-state index contributed by atoms with van der Waals surface area (Å²) >= 11 is 0. The fourth-order valence-electron chi connectivity index (χ4n) is 2.06. The van der Waals surface area contributed by atoms with Crippen LogP contribution in [0.3, 0.4) is 0 Å². The number of para-hydroxylation sites is 1. The van der Waals surface area contributed by atoms with Crippen molar-refractivity contribution in [1.29, 1.82) is 0 Å². The van der Waals surface area contributed by atoms with Gasteiger partial charge in [0.1, 0.15) is 5.75 Å². The van der Waals surface area contributed by atoms with Gasteiger partial charge in [0.2, 0.25) is 0 Å². The van der Waals surface area contributed by atoms with Crippen LogP contribution in [0, 0.1) is 0 Å². The molecule has 0 bridgehead atoms. The Morgan fingerprint density at radius 2 is 1.30 bits per heavy atom. The zero-order valence-electron chi connectivity index (χ0n) is 12.9. The standard InChI is InChI=1S/C13H11O2P.2C2H6/c1-16(14)13-9-5-3-7-11(13)10-6-2-4-8-12(10)15-16;2*1-2/h2-9H,1H3;2*1-2H3. The molecule has 2 aromatic rings. The molecule has 0 N–H and O–H groups in total. The average Bonchev–Trinajstić information content (AvgIpc) is 2.51. The predicted molar refractivity (Wildman–Crippen MR) is 88.4 cm³/mol. The molecule has 20 heavy (non-hydrogen) atoms. The first kappa shape index (κ1) is 16.5. The summed E-state index contributed by atoms with van der Waals surface area (Å²) in [6, 6.07) is 15.4. The highest BCUT2D eigenvalue weighted by molar-refractivity contribution is 7.67. The second-order valence-corrected chi connectivity index (χ2v) is 6.31. The second kappa shape index (κ2) is 7.31. The monoisotopic (exact) mass is 290 g/mol. The van der Waals surface area contributed by atoms with E-state index < -0.39 is 7.37 Å². The SMILES string of the molecule is CC.CC.CP1(=O)Oc2ccccc2-c2ccccc21. The van der Waals surface area contributed by atoms with Gasteiger partial charge in [-0.05, 0) is 17.7 Å². The molecular weight excluding hydrogens is 267 g/mol. The molecule has 108 valence electrons. The highest BCUT2D eigenvalue weighted by atomic mass is 31.2. The van der Waals surface area contributed by atoms with Crippen LogP contribution in [0.2, 0.25) is 0 Å². The van der Waals surface area contributed by atoms with E-state index >= 15 is 0 Å². The Kier molecular flexibility index (Phi) is 6.04. The van der Waals surface area contributed by atoms with E-state index in [0.29, 0.717) is 5.75 Å². The molecule has 3 rings (SSSR count). The first-order valence-corrected chi connectivity index (χ1v) is 9.22. The summed E-state index contributed by atoms with van der Waals surface area (Å²) in [5.74, 6) is 0.715. The Bertz CT molecular complexity index is 605. The van der Waals surface area contributed by atoms with Crippen molar-refractivity contribution in [2.24, 2.45) is 0 Å². The second-order valence-electron chi connectivity index (χ2n) is 3.95. The van der Waals surface area contributed by atoms with Gasteiger partial charge >= 0.3 is 0 Å². The van der Waals surface area contributed by atoms with Gasteiger partial charge in [0.25, 0.3) is 7.37 Å². The minimum Gasteiger partial charge on any atom is -0.439 e. The van der Waals surface area contributed by atoms with Crippen molar-refractivity contribution in [2.75, 3.05) is 6.66 Å². The van der Waals surface area contributed by atoms with Crippen LogP contribution in [0.1, 0.15) is 27.7 Å². The lowest BCUT2D eigenvalue weighted by atomic mass is 10.0. The van der Waals surface area contributed by atoms with Crippen LogP contribution in [0.15, 0.2) is 48.5 Å². The number of hydrogen-bond acceptors (Lipinski definition) is 2. The van der Waals surface area contributed by atoms with E-state index in [1.165, 1.54) is 0 Å². The minimum atomic E-state index is -2.71. The summed E-state index contributed by atoms with van der Waals surface area (Å²) in [6.07, 6.45) is 0. The Hall–Kier alpha value is -1.53. The Labute approximate surface area is 122 Å². The van der Waals surface area contributed by atoms with Crippen molar-refractivity contribution in [2.45, 2.75) is 27.7 Å². The van der Waals surface area contributed by atoms with E-state index in [-0.39, 0.29) is 0 Å². The van der Waals surface area contributed by atoms with Crippen LogP contribution < -0.4 is 9.83 Å². The van der Waals surface area contributed by atoms with Gasteiger partial charge in [-0.2, -0.15) is 0 Å². The molecule has 1 heterocycles. The van der Waals surface area contributed by atoms with Gasteiger partial charge < -0.3 is 4.52 Å². The smallest absolute Gasteiger partial charge is 0.274 e. The molecule has 0 amide bonds. The zero-order chi connectivity index (χ0) is 15.2. The van der Waals surface area contributed by atoms with Crippen molar-refractivity contribution < 1.29 is 9.09 Å². The van der Waals surface area contributed by atoms with Gasteiger partial charge in [0, 0.05) is 12.2 Å². The predicted octanol–water partition coefficient (Wildman–Crippen LogP) is 5.33. The zero-order valence-corrected chi connectivity index (χ0v) is 13.8. The van der Waals surface area contributed by atoms with Crippen molar-refractivity contribution in [3.05, 3.63) is 48.5 Å². The molecule has 0 radical (unpaired) electrons. The minimum absolute atomic E-state index is 0.715. The van der Waals surface area contributed by atoms with Crippen molar-refractivity contribution in [3.63, 3.8) is 0 Å². The third-order valence-electron chi connectivity index (χ3n) is 2.79. The molecule has 0 aliphatic carbocycles. The fourth-order valence-corrected chi connectivity index (χ4v) is 3.68. The maximum absolute atomic E-state index is 12.4. The van der Waals surface area contributed by atoms with Crippen molar-refractivity contribution in [3.8, 4) is 16.9 Å². The average molecular weight is 290 g/mol. The number of hydrogen-bond donors (Lipinski definition) is 0. The molecule has 1 atom stereocenters. The lowest BCUT2D eigenvalue weighted by Crippen LogP contribution is -2.16. The quantitative estimate of drug-likeness (QED) is 0.613. The molecule has 0 aromatic heterocycles. The summed E-state index contributed by atoms with van der Waals surface area (Å²) in [7, 11) is -2.71. The van der Waals surface area contributed by atoms with E-state index in [1.54, 1.807) is 6.66 Å². The molecule has 0 saturated carbocycles. The summed E-state index contributed by atoms with van der Waals surface area (Å²) in [5.41, 5.74) is 2.04. The molecule has 1 unspecified atom stereocenters. The van der Waals surface area contributed by atoms with E-state index in [0.717, 1.165) is 16.4 Å². The Morgan fingerprint density at radius 1 is 0.800 bits per heavy atom. The molecule has 0 spiro atoms. The Balaban J connectivity index is 0.000000461. The molecule has 0 saturated heterocycles. The highest BCUT2D eigenvalue weighted by Crippen LogP contribution is 2.51. The third kappa shape index (κ3) is 3.13. The summed E-state index contributed by atoms with van der Waals surface area (Å²) in [4.78, 5) is 0.